The van der Waals surface area contributed by atoms with Gasteiger partial charge in [0.15, 0.2) is 0 Å². The summed E-state index contributed by atoms with van der Waals surface area (Å²) >= 11 is 0. The number of aromatic amines is 1. The third-order valence-corrected chi connectivity index (χ3v) is 7.19. The number of H-pyrrole nitrogens is 1. The Labute approximate surface area is 146 Å². The standard InChI is InChI=1S/C15H22N4O5S/c1-9-14(10(2)17-16-9)25(23,24)18-5-3-12(4-6-18)19-8-11(15(21)22)7-13(19)20/h11-12H,3-8H2,1-2H3,(H,16,17)(H,21,22). The van der Waals surface area contributed by atoms with Crippen LogP contribution in [0.15, 0.2) is 4.90 Å². The number of carbonyl (C=O) groups is 2. The van der Waals surface area contributed by atoms with E-state index in [1.807, 2.05) is 0 Å². The molecule has 2 N–H and O–H groups in total. The topological polar surface area (TPSA) is 124 Å². The van der Waals surface area contributed by atoms with Gasteiger partial charge in [-0.15, -0.1) is 0 Å². The van der Waals surface area contributed by atoms with Crippen LogP contribution in [-0.2, 0) is 19.6 Å². The number of nitrogens with one attached hydrogen (secondary N) is 1. The Kier molecular flexibility index (Phi) is 4.58. The summed E-state index contributed by atoms with van der Waals surface area (Å²) in [5.74, 6) is -1.78. The highest BCUT2D eigenvalue weighted by molar-refractivity contribution is 7.89. The van der Waals surface area contributed by atoms with Gasteiger partial charge < -0.3 is 10.0 Å². The van der Waals surface area contributed by atoms with Crippen molar-refractivity contribution in [1.29, 1.82) is 0 Å². The molecule has 10 heteroatoms. The number of piperidine rings is 1. The van der Waals surface area contributed by atoms with E-state index in [9.17, 15) is 18.0 Å². The Bertz CT molecular complexity index is 775. The molecule has 3 rings (SSSR count). The highest BCUT2D eigenvalue weighted by atomic mass is 32.2. The molecule has 138 valence electrons. The first-order valence-corrected chi connectivity index (χ1v) is 9.69. The van der Waals surface area contributed by atoms with Crippen LogP contribution in [0.2, 0.25) is 0 Å². The van der Waals surface area contributed by atoms with Crippen molar-refractivity contribution in [2.75, 3.05) is 19.6 Å². The lowest BCUT2D eigenvalue weighted by molar-refractivity contribution is -0.141. The van der Waals surface area contributed by atoms with Crippen LogP contribution < -0.4 is 0 Å². The number of likely N-dealkylation sites (tertiary alicyclic amines) is 1. The molecular weight excluding hydrogens is 348 g/mol. The van der Waals surface area contributed by atoms with Gasteiger partial charge in [0, 0.05) is 32.1 Å². The molecule has 0 radical (unpaired) electrons. The van der Waals surface area contributed by atoms with E-state index < -0.39 is 21.9 Å². The molecule has 2 saturated heterocycles. The molecule has 0 saturated carbocycles. The smallest absolute Gasteiger partial charge is 0.308 e. The fourth-order valence-electron chi connectivity index (χ4n) is 3.69. The van der Waals surface area contributed by atoms with Gasteiger partial charge in [-0.2, -0.15) is 9.40 Å². The van der Waals surface area contributed by atoms with Crippen molar-refractivity contribution in [2.45, 2.75) is 44.0 Å². The van der Waals surface area contributed by atoms with Crippen LogP contribution in [0.1, 0.15) is 30.7 Å². The molecule has 2 fully saturated rings. The number of carboxylic acid groups (broad SMARTS) is 1. The van der Waals surface area contributed by atoms with Crippen molar-refractivity contribution in [1.82, 2.24) is 19.4 Å². The normalized spacial score (nSPS) is 23.4. The molecule has 25 heavy (non-hydrogen) atoms. The van der Waals surface area contributed by atoms with E-state index in [0.29, 0.717) is 37.3 Å². The highest BCUT2D eigenvalue weighted by Crippen LogP contribution is 2.29. The van der Waals surface area contributed by atoms with Crippen molar-refractivity contribution in [3.05, 3.63) is 11.4 Å². The number of amides is 1. The minimum absolute atomic E-state index is 0.0290. The lowest BCUT2D eigenvalue weighted by atomic mass is 10.1. The fourth-order valence-corrected chi connectivity index (χ4v) is 5.50. The van der Waals surface area contributed by atoms with Gasteiger partial charge in [-0.05, 0) is 26.7 Å². The maximum absolute atomic E-state index is 12.8. The SMILES string of the molecule is Cc1n[nH]c(C)c1S(=O)(=O)N1CCC(N2CC(C(=O)O)CC2=O)CC1. The molecule has 1 aromatic heterocycles. The van der Waals surface area contributed by atoms with Crippen LogP contribution in [0, 0.1) is 19.8 Å². The fraction of sp³-hybridized carbons (Fsp3) is 0.667. The predicted octanol–water partition coefficient (Wildman–Crippen LogP) is 0.113. The van der Waals surface area contributed by atoms with Gasteiger partial charge in [-0.25, -0.2) is 8.42 Å². The first kappa shape index (κ1) is 17.9. The number of nitrogens with zero attached hydrogens (tertiary/aromatic N) is 3. The van der Waals surface area contributed by atoms with Crippen LogP contribution in [0.25, 0.3) is 0 Å². The monoisotopic (exact) mass is 370 g/mol. The van der Waals surface area contributed by atoms with Gasteiger partial charge >= 0.3 is 5.97 Å². The number of sulfonamides is 1. The quantitative estimate of drug-likeness (QED) is 0.775. The second-order valence-corrected chi connectivity index (χ2v) is 8.56. The number of aryl methyl sites for hydroxylation is 2. The number of aliphatic carboxylic acids is 1. The Morgan fingerprint density at radius 1 is 1.28 bits per heavy atom. The zero-order valence-electron chi connectivity index (χ0n) is 14.2. The number of rotatable bonds is 4. The summed E-state index contributed by atoms with van der Waals surface area (Å²) in [6.45, 7) is 4.15. The minimum Gasteiger partial charge on any atom is -0.481 e. The molecule has 3 heterocycles. The zero-order valence-corrected chi connectivity index (χ0v) is 15.0. The Balaban J connectivity index is 1.68. The van der Waals surface area contributed by atoms with E-state index in [0.717, 1.165) is 0 Å². The second-order valence-electron chi connectivity index (χ2n) is 6.68. The zero-order chi connectivity index (χ0) is 18.4. The summed E-state index contributed by atoms with van der Waals surface area (Å²) in [5, 5.41) is 15.7. The summed E-state index contributed by atoms with van der Waals surface area (Å²) in [5.41, 5.74) is 0.956. The first-order chi connectivity index (χ1) is 11.7. The molecule has 1 unspecified atom stereocenters. The average molecular weight is 370 g/mol. The van der Waals surface area contributed by atoms with Gasteiger partial charge in [0.05, 0.1) is 17.3 Å². The summed E-state index contributed by atoms with van der Waals surface area (Å²) < 4.78 is 27.1. The van der Waals surface area contributed by atoms with Crippen molar-refractivity contribution >= 4 is 21.9 Å². The summed E-state index contributed by atoms with van der Waals surface area (Å²) in [4.78, 5) is 25.0. The molecular formula is C15H22N4O5S. The third kappa shape index (κ3) is 3.15. The summed E-state index contributed by atoms with van der Waals surface area (Å²) in [7, 11) is -3.62. The van der Waals surface area contributed by atoms with E-state index in [4.69, 9.17) is 5.11 Å². The summed E-state index contributed by atoms with van der Waals surface area (Å²) in [6, 6.07) is -0.102. The molecule has 9 nitrogen and oxygen atoms in total. The average Bonchev–Trinajstić information content (AvgIpc) is 3.10. The van der Waals surface area contributed by atoms with Crippen molar-refractivity contribution in [3.63, 3.8) is 0 Å². The van der Waals surface area contributed by atoms with Gasteiger partial charge in [0.2, 0.25) is 15.9 Å². The summed E-state index contributed by atoms with van der Waals surface area (Å²) in [6.07, 6.45) is 1.04. The number of carbonyl (C=O) groups excluding carboxylic acids is 1. The van der Waals surface area contributed by atoms with Crippen molar-refractivity contribution in [3.8, 4) is 0 Å². The molecule has 2 aliphatic rings. The first-order valence-electron chi connectivity index (χ1n) is 8.25. The van der Waals surface area contributed by atoms with Crippen LogP contribution in [-0.4, -0.2) is 70.5 Å². The largest absolute Gasteiger partial charge is 0.481 e. The van der Waals surface area contributed by atoms with Gasteiger partial charge in [-0.1, -0.05) is 0 Å². The van der Waals surface area contributed by atoms with E-state index in [-0.39, 0.29) is 29.8 Å². The number of hydrogen-bond acceptors (Lipinski definition) is 5. The van der Waals surface area contributed by atoms with Crippen LogP contribution in [0.5, 0.6) is 0 Å². The van der Waals surface area contributed by atoms with Crippen LogP contribution >= 0.6 is 0 Å². The molecule has 0 spiro atoms. The Morgan fingerprint density at radius 2 is 1.92 bits per heavy atom. The molecule has 0 bridgehead atoms. The Morgan fingerprint density at radius 3 is 2.40 bits per heavy atom. The molecule has 1 aromatic rings. The molecule has 0 aromatic carbocycles. The van der Waals surface area contributed by atoms with E-state index in [2.05, 4.69) is 10.2 Å². The predicted molar refractivity (Wildman–Crippen MR) is 87.3 cm³/mol. The molecule has 1 amide bonds. The third-order valence-electron chi connectivity index (χ3n) is 5.03. The van der Waals surface area contributed by atoms with E-state index in [1.165, 1.54) is 4.31 Å². The van der Waals surface area contributed by atoms with E-state index in [1.54, 1.807) is 18.7 Å². The number of aromatic nitrogens is 2. The van der Waals surface area contributed by atoms with Crippen molar-refractivity contribution < 1.29 is 23.1 Å². The lowest BCUT2D eigenvalue weighted by Crippen LogP contribution is -2.47. The van der Waals surface area contributed by atoms with Gasteiger partial charge in [-0.3, -0.25) is 14.7 Å². The second kappa shape index (κ2) is 6.41. The molecule has 0 aliphatic carbocycles. The van der Waals surface area contributed by atoms with E-state index >= 15 is 0 Å². The minimum atomic E-state index is -3.62. The lowest BCUT2D eigenvalue weighted by Gasteiger charge is -2.36. The maximum Gasteiger partial charge on any atom is 0.308 e. The maximum atomic E-state index is 12.8. The van der Waals surface area contributed by atoms with Crippen LogP contribution in [0.4, 0.5) is 0 Å². The number of hydrogen-bond donors (Lipinski definition) is 2. The molecule has 2 aliphatic heterocycles. The highest BCUT2D eigenvalue weighted by Gasteiger charge is 2.40. The van der Waals surface area contributed by atoms with Crippen molar-refractivity contribution in [2.24, 2.45) is 5.92 Å². The molecule has 1 atom stereocenters. The van der Waals surface area contributed by atoms with Gasteiger partial charge in [0.25, 0.3) is 0 Å². The van der Waals surface area contributed by atoms with Gasteiger partial charge in [0.1, 0.15) is 4.90 Å². The van der Waals surface area contributed by atoms with Crippen LogP contribution in [0.3, 0.4) is 0 Å². The Hall–Kier alpha value is -1.94. The number of carboxylic acids is 1.